The summed E-state index contributed by atoms with van der Waals surface area (Å²) in [5.41, 5.74) is 1.63. The highest BCUT2D eigenvalue weighted by atomic mass is 16.2. The number of nitrogens with zero attached hydrogens (tertiary/aromatic N) is 3. The van der Waals surface area contributed by atoms with Gasteiger partial charge in [0.05, 0.1) is 6.20 Å². The van der Waals surface area contributed by atoms with Crippen molar-refractivity contribution in [1.82, 2.24) is 14.7 Å². The van der Waals surface area contributed by atoms with Crippen molar-refractivity contribution in [2.75, 3.05) is 12.4 Å². The van der Waals surface area contributed by atoms with Gasteiger partial charge in [-0.25, -0.2) is 0 Å². The Labute approximate surface area is 142 Å². The van der Waals surface area contributed by atoms with Crippen LogP contribution in [0.4, 0.5) is 5.69 Å². The van der Waals surface area contributed by atoms with Crippen LogP contribution in [0.1, 0.15) is 36.7 Å². The highest BCUT2D eigenvalue weighted by molar-refractivity contribution is 5.98. The molecule has 0 spiro atoms. The molecule has 24 heavy (non-hydrogen) atoms. The van der Waals surface area contributed by atoms with Crippen LogP contribution in [0, 0.1) is 5.41 Å². The Morgan fingerprint density at radius 2 is 2.00 bits per heavy atom. The molecule has 0 aliphatic heterocycles. The first kappa shape index (κ1) is 17.7. The normalized spacial score (nSPS) is 11.2. The van der Waals surface area contributed by atoms with Crippen molar-refractivity contribution in [3.63, 3.8) is 0 Å². The summed E-state index contributed by atoms with van der Waals surface area (Å²) in [6.07, 6.45) is 3.62. The van der Waals surface area contributed by atoms with E-state index in [1.807, 2.05) is 34.0 Å². The van der Waals surface area contributed by atoms with E-state index < -0.39 is 5.41 Å². The van der Waals surface area contributed by atoms with E-state index >= 15 is 0 Å². The predicted octanol–water partition coefficient (Wildman–Crippen LogP) is 2.68. The van der Waals surface area contributed by atoms with Gasteiger partial charge in [0.15, 0.2) is 0 Å². The highest BCUT2D eigenvalue weighted by Crippen LogP contribution is 2.19. The fraction of sp³-hybridized carbons (Fsp3) is 0.389. The monoisotopic (exact) mass is 328 g/mol. The van der Waals surface area contributed by atoms with Gasteiger partial charge in [-0.3, -0.25) is 14.3 Å². The summed E-state index contributed by atoms with van der Waals surface area (Å²) in [5, 5.41) is 6.95. The molecule has 0 aliphatic rings. The van der Waals surface area contributed by atoms with E-state index in [1.54, 1.807) is 47.1 Å². The number of benzene rings is 1. The number of rotatable bonds is 4. The number of amides is 2. The van der Waals surface area contributed by atoms with Gasteiger partial charge in [0.1, 0.15) is 0 Å². The lowest BCUT2D eigenvalue weighted by atomic mass is 9.95. The summed E-state index contributed by atoms with van der Waals surface area (Å²) in [6.45, 7) is 6.02. The average Bonchev–Trinajstić information content (AvgIpc) is 2.90. The molecule has 0 aliphatic carbocycles. The molecule has 6 heteroatoms. The van der Waals surface area contributed by atoms with E-state index in [-0.39, 0.29) is 11.8 Å². The topological polar surface area (TPSA) is 67.2 Å². The number of aryl methyl sites for hydroxylation is 1. The van der Waals surface area contributed by atoms with E-state index in [4.69, 9.17) is 0 Å². The molecule has 0 unspecified atom stereocenters. The van der Waals surface area contributed by atoms with Crippen LogP contribution >= 0.6 is 0 Å². The summed E-state index contributed by atoms with van der Waals surface area (Å²) in [5.74, 6) is -0.193. The lowest BCUT2D eigenvalue weighted by Gasteiger charge is -2.19. The van der Waals surface area contributed by atoms with Gasteiger partial charge in [-0.2, -0.15) is 5.10 Å². The van der Waals surface area contributed by atoms with Crippen LogP contribution in [0.2, 0.25) is 0 Å². The number of nitrogens with one attached hydrogen (secondary N) is 1. The Hall–Kier alpha value is -2.63. The quantitative estimate of drug-likeness (QED) is 0.938. The number of hydrogen-bond acceptors (Lipinski definition) is 3. The fourth-order valence-corrected chi connectivity index (χ4v) is 2.17. The molecular weight excluding hydrogens is 304 g/mol. The van der Waals surface area contributed by atoms with Gasteiger partial charge >= 0.3 is 0 Å². The van der Waals surface area contributed by atoms with E-state index in [1.165, 1.54) is 0 Å². The van der Waals surface area contributed by atoms with Gasteiger partial charge in [-0.05, 0) is 18.2 Å². The van der Waals surface area contributed by atoms with Crippen molar-refractivity contribution < 1.29 is 9.59 Å². The van der Waals surface area contributed by atoms with Crippen LogP contribution in [-0.2, 0) is 18.4 Å². The van der Waals surface area contributed by atoms with Crippen molar-refractivity contribution in [3.05, 3.63) is 47.8 Å². The molecule has 2 amide bonds. The molecule has 128 valence electrons. The molecule has 1 aromatic heterocycles. The molecule has 0 radical (unpaired) electrons. The van der Waals surface area contributed by atoms with E-state index in [2.05, 4.69) is 10.4 Å². The lowest BCUT2D eigenvalue weighted by molar-refractivity contribution is -0.123. The number of anilines is 1. The molecule has 0 fully saturated rings. The second-order valence-electron chi connectivity index (χ2n) is 6.97. The molecule has 1 N–H and O–H groups in total. The fourth-order valence-electron chi connectivity index (χ4n) is 2.17. The maximum Gasteiger partial charge on any atom is 0.253 e. The van der Waals surface area contributed by atoms with Crippen molar-refractivity contribution in [3.8, 4) is 0 Å². The molecular formula is C18H24N4O2. The summed E-state index contributed by atoms with van der Waals surface area (Å²) in [4.78, 5) is 26.3. The molecule has 0 bridgehead atoms. The van der Waals surface area contributed by atoms with Gasteiger partial charge in [-0.1, -0.05) is 26.8 Å². The van der Waals surface area contributed by atoms with Crippen molar-refractivity contribution in [2.45, 2.75) is 27.3 Å². The third kappa shape index (κ3) is 4.44. The smallest absolute Gasteiger partial charge is 0.253 e. The molecule has 2 rings (SSSR count). The minimum atomic E-state index is -0.489. The maximum atomic E-state index is 12.6. The zero-order valence-electron chi connectivity index (χ0n) is 14.8. The second-order valence-corrected chi connectivity index (χ2v) is 6.97. The molecule has 1 heterocycles. The standard InChI is InChI=1S/C18H24N4O2/c1-18(2,3)17(24)20-15-8-6-7-14(9-15)16(23)21(4)11-13-10-19-22(5)12-13/h6-10,12H,11H2,1-5H3,(H,20,24). The Balaban J connectivity index is 2.09. The minimum absolute atomic E-state index is 0.0872. The van der Waals surface area contributed by atoms with Crippen LogP contribution in [-0.4, -0.2) is 33.5 Å². The third-order valence-electron chi connectivity index (χ3n) is 3.57. The van der Waals surface area contributed by atoms with Crippen LogP contribution < -0.4 is 5.32 Å². The number of carbonyl (C=O) groups is 2. The average molecular weight is 328 g/mol. The Kier molecular flexibility index (Phi) is 5.07. The summed E-state index contributed by atoms with van der Waals surface area (Å²) >= 11 is 0. The molecule has 0 saturated heterocycles. The van der Waals surface area contributed by atoms with E-state index in [0.29, 0.717) is 17.8 Å². The van der Waals surface area contributed by atoms with Gasteiger partial charge in [0.2, 0.25) is 5.91 Å². The zero-order valence-corrected chi connectivity index (χ0v) is 14.8. The van der Waals surface area contributed by atoms with Crippen molar-refractivity contribution in [1.29, 1.82) is 0 Å². The van der Waals surface area contributed by atoms with Crippen LogP contribution in [0.5, 0.6) is 0 Å². The first-order valence-corrected chi connectivity index (χ1v) is 7.81. The van der Waals surface area contributed by atoms with Gasteiger partial charge < -0.3 is 10.2 Å². The van der Waals surface area contributed by atoms with Crippen molar-refractivity contribution >= 4 is 17.5 Å². The molecule has 2 aromatic rings. The number of hydrogen-bond donors (Lipinski definition) is 1. The second kappa shape index (κ2) is 6.86. The van der Waals surface area contributed by atoms with Gasteiger partial charge in [-0.15, -0.1) is 0 Å². The molecule has 1 aromatic carbocycles. The largest absolute Gasteiger partial charge is 0.337 e. The van der Waals surface area contributed by atoms with E-state index in [0.717, 1.165) is 5.56 Å². The van der Waals surface area contributed by atoms with Crippen LogP contribution in [0.25, 0.3) is 0 Å². The highest BCUT2D eigenvalue weighted by Gasteiger charge is 2.21. The lowest BCUT2D eigenvalue weighted by Crippen LogP contribution is -2.28. The minimum Gasteiger partial charge on any atom is -0.337 e. The summed E-state index contributed by atoms with van der Waals surface area (Å²) < 4.78 is 1.70. The van der Waals surface area contributed by atoms with Gasteiger partial charge in [0, 0.05) is 49.1 Å². The van der Waals surface area contributed by atoms with Crippen LogP contribution in [0.15, 0.2) is 36.7 Å². The van der Waals surface area contributed by atoms with Crippen LogP contribution in [0.3, 0.4) is 0 Å². The molecule has 0 saturated carbocycles. The van der Waals surface area contributed by atoms with Crippen molar-refractivity contribution in [2.24, 2.45) is 12.5 Å². The SMILES string of the molecule is CN(Cc1cnn(C)c1)C(=O)c1cccc(NC(=O)C(C)(C)C)c1. The first-order valence-electron chi connectivity index (χ1n) is 7.81. The predicted molar refractivity (Wildman–Crippen MR) is 93.5 cm³/mol. The summed E-state index contributed by atoms with van der Waals surface area (Å²) in [7, 11) is 3.59. The zero-order chi connectivity index (χ0) is 17.9. The third-order valence-corrected chi connectivity index (χ3v) is 3.57. The Morgan fingerprint density at radius 3 is 2.58 bits per heavy atom. The Morgan fingerprint density at radius 1 is 1.29 bits per heavy atom. The number of aromatic nitrogens is 2. The summed E-state index contributed by atoms with van der Waals surface area (Å²) in [6, 6.07) is 6.99. The Bertz CT molecular complexity index is 743. The number of carbonyl (C=O) groups excluding carboxylic acids is 2. The molecule has 0 atom stereocenters. The van der Waals surface area contributed by atoms with E-state index in [9.17, 15) is 9.59 Å². The molecule has 6 nitrogen and oxygen atoms in total. The van der Waals surface area contributed by atoms with Gasteiger partial charge in [0.25, 0.3) is 5.91 Å². The first-order chi connectivity index (χ1) is 11.2. The maximum absolute atomic E-state index is 12.6.